The number of nitrogens with zero attached hydrogens (tertiary/aromatic N) is 2. The number of ether oxygens (including phenoxy) is 2. The molecule has 4 rings (SSSR count). The first-order valence-corrected chi connectivity index (χ1v) is 11.0. The van der Waals surface area contributed by atoms with Crippen molar-refractivity contribution in [2.75, 3.05) is 6.54 Å². The number of aromatic nitrogens is 1. The van der Waals surface area contributed by atoms with Gasteiger partial charge in [0, 0.05) is 6.20 Å². The van der Waals surface area contributed by atoms with Gasteiger partial charge in [-0.05, 0) is 22.8 Å². The van der Waals surface area contributed by atoms with Gasteiger partial charge >= 0.3 is 11.9 Å². The van der Waals surface area contributed by atoms with Gasteiger partial charge in [-0.3, -0.25) is 20.2 Å². The predicted octanol–water partition coefficient (Wildman–Crippen LogP) is 2.17. The van der Waals surface area contributed by atoms with Crippen LogP contribution in [0.2, 0.25) is 0 Å². The number of hydrogen-bond acceptors (Lipinski definition) is 9. The molecule has 1 aliphatic rings. The molecule has 0 radical (unpaired) electrons. The maximum atomic E-state index is 12.8. The number of nitrogens with one attached hydrogen (secondary N) is 2. The minimum Gasteiger partial charge on any atom is -0.457 e. The Labute approximate surface area is 206 Å². The van der Waals surface area contributed by atoms with E-state index >= 15 is 0 Å². The van der Waals surface area contributed by atoms with Gasteiger partial charge < -0.3 is 9.47 Å². The lowest BCUT2D eigenvalue weighted by atomic mass is 10.1. The van der Waals surface area contributed by atoms with Crippen LogP contribution in [0.1, 0.15) is 33.2 Å². The van der Waals surface area contributed by atoms with Crippen LogP contribution in [-0.2, 0) is 37.1 Å². The molecule has 3 aromatic rings. The normalized spacial score (nSPS) is 15.4. The summed E-state index contributed by atoms with van der Waals surface area (Å²) < 4.78 is 10.5. The molecule has 10 heteroatoms. The molecule has 1 aliphatic heterocycles. The molecule has 1 atom stereocenters. The molecule has 182 valence electrons. The molecule has 0 spiro atoms. The second-order valence-electron chi connectivity index (χ2n) is 7.78. The Kier molecular flexibility index (Phi) is 7.89. The van der Waals surface area contributed by atoms with Crippen LogP contribution in [0.4, 0.5) is 5.69 Å². The van der Waals surface area contributed by atoms with Crippen molar-refractivity contribution >= 4 is 35.7 Å². The van der Waals surface area contributed by atoms with Crippen molar-refractivity contribution in [1.82, 2.24) is 15.6 Å². The fourth-order valence-corrected chi connectivity index (χ4v) is 3.37. The Hall–Kier alpha value is -4.70. The number of carbonyl (C=O) groups excluding carboxylic acids is 4. The number of carbonyl (C=O) groups is 4. The fourth-order valence-electron chi connectivity index (χ4n) is 3.37. The Morgan fingerprint density at radius 1 is 0.972 bits per heavy atom. The molecule has 0 saturated carbocycles. The van der Waals surface area contributed by atoms with Gasteiger partial charge in [-0.1, -0.05) is 60.7 Å². The molecule has 2 aromatic carbocycles. The lowest BCUT2D eigenvalue weighted by molar-refractivity contribution is -0.136. The first-order chi connectivity index (χ1) is 17.5. The maximum Gasteiger partial charge on any atom is 0.359 e. The molecule has 2 N–H and O–H groups in total. The average molecular weight is 486 g/mol. The second kappa shape index (κ2) is 11.6. The minimum atomic E-state index is -0.886. The van der Waals surface area contributed by atoms with Crippen LogP contribution in [0.5, 0.6) is 0 Å². The zero-order valence-electron chi connectivity index (χ0n) is 19.0. The van der Waals surface area contributed by atoms with E-state index in [0.717, 1.165) is 17.3 Å². The monoisotopic (exact) mass is 486 g/mol. The summed E-state index contributed by atoms with van der Waals surface area (Å²) >= 11 is 0. The second-order valence-corrected chi connectivity index (χ2v) is 7.78. The number of benzene rings is 2. The van der Waals surface area contributed by atoms with E-state index in [1.54, 1.807) is 12.1 Å². The summed E-state index contributed by atoms with van der Waals surface area (Å²) in [4.78, 5) is 57.0. The van der Waals surface area contributed by atoms with Crippen molar-refractivity contribution in [3.8, 4) is 0 Å². The van der Waals surface area contributed by atoms with Gasteiger partial charge in [0.25, 0.3) is 0 Å². The highest BCUT2D eigenvalue weighted by Crippen LogP contribution is 2.24. The SMILES string of the molecule is O=C1CNC(c2cnc(C(=O)OCc3ccccc3)c(/N=C\C(=O)OCc3ccccc3)c2)C(=O)N1. The van der Waals surface area contributed by atoms with Gasteiger partial charge in [0.15, 0.2) is 5.69 Å². The van der Waals surface area contributed by atoms with Crippen LogP contribution in [0.25, 0.3) is 0 Å². The molecule has 1 aromatic heterocycles. The summed E-state index contributed by atoms with van der Waals surface area (Å²) in [5, 5.41) is 5.03. The van der Waals surface area contributed by atoms with Gasteiger partial charge in [-0.2, -0.15) is 0 Å². The summed E-state index contributed by atoms with van der Waals surface area (Å²) in [7, 11) is 0. The summed E-state index contributed by atoms with van der Waals surface area (Å²) in [6.45, 7) is -0.00207. The Morgan fingerprint density at radius 3 is 2.25 bits per heavy atom. The summed E-state index contributed by atoms with van der Waals surface area (Å²) in [6, 6.07) is 18.8. The van der Waals surface area contributed by atoms with Crippen molar-refractivity contribution in [3.63, 3.8) is 0 Å². The molecular weight excluding hydrogens is 464 g/mol. The van der Waals surface area contributed by atoms with Crippen molar-refractivity contribution in [3.05, 3.63) is 95.3 Å². The quantitative estimate of drug-likeness (QED) is 0.281. The number of rotatable bonds is 8. The van der Waals surface area contributed by atoms with E-state index < -0.39 is 29.8 Å². The Morgan fingerprint density at radius 2 is 1.61 bits per heavy atom. The van der Waals surface area contributed by atoms with Gasteiger partial charge in [0.2, 0.25) is 11.8 Å². The Balaban J connectivity index is 1.53. The standard InChI is InChI=1S/C26H22N4O6/c31-21-13-29-23(25(33)30-21)19-11-20(27-14-22(32)35-15-17-7-3-1-4-8-17)24(28-12-19)26(34)36-16-18-9-5-2-6-10-18/h1-12,14,23,29H,13,15-16H2,(H,30,31,33)/b27-14-. The fraction of sp³-hybridized carbons (Fsp3) is 0.154. The first-order valence-electron chi connectivity index (χ1n) is 11.0. The molecule has 2 heterocycles. The number of imide groups is 1. The van der Waals surface area contributed by atoms with E-state index in [1.165, 1.54) is 12.3 Å². The van der Waals surface area contributed by atoms with Gasteiger partial charge in [-0.15, -0.1) is 0 Å². The molecule has 10 nitrogen and oxygen atoms in total. The van der Waals surface area contributed by atoms with Crippen molar-refractivity contribution < 1.29 is 28.7 Å². The molecule has 36 heavy (non-hydrogen) atoms. The third kappa shape index (κ3) is 6.45. The lowest BCUT2D eigenvalue weighted by Gasteiger charge is -2.22. The van der Waals surface area contributed by atoms with Gasteiger partial charge in [0.05, 0.1) is 12.2 Å². The summed E-state index contributed by atoms with van der Waals surface area (Å²) in [6.07, 6.45) is 2.24. The highest BCUT2D eigenvalue weighted by molar-refractivity contribution is 6.24. The molecule has 1 saturated heterocycles. The van der Waals surface area contributed by atoms with E-state index in [4.69, 9.17) is 9.47 Å². The third-order valence-electron chi connectivity index (χ3n) is 5.15. The van der Waals surface area contributed by atoms with Crippen LogP contribution in [0.3, 0.4) is 0 Å². The number of aliphatic imine (C=N–C) groups is 1. The topological polar surface area (TPSA) is 136 Å². The molecular formula is C26H22N4O6. The van der Waals surface area contributed by atoms with Crippen LogP contribution in [0, 0.1) is 0 Å². The molecule has 2 amide bonds. The van der Waals surface area contributed by atoms with Gasteiger partial charge in [-0.25, -0.2) is 19.6 Å². The Bertz CT molecular complexity index is 1290. The van der Waals surface area contributed by atoms with Crippen molar-refractivity contribution in [1.29, 1.82) is 0 Å². The predicted molar refractivity (Wildman–Crippen MR) is 128 cm³/mol. The molecule has 0 bridgehead atoms. The van der Waals surface area contributed by atoms with Crippen molar-refractivity contribution in [2.45, 2.75) is 19.3 Å². The van der Waals surface area contributed by atoms with E-state index in [1.807, 2.05) is 48.5 Å². The third-order valence-corrected chi connectivity index (χ3v) is 5.15. The number of esters is 2. The smallest absolute Gasteiger partial charge is 0.359 e. The van der Waals surface area contributed by atoms with E-state index in [-0.39, 0.29) is 31.1 Å². The average Bonchev–Trinajstić information content (AvgIpc) is 2.90. The van der Waals surface area contributed by atoms with E-state index in [0.29, 0.717) is 5.56 Å². The van der Waals surface area contributed by atoms with Crippen LogP contribution in [0.15, 0.2) is 77.9 Å². The highest BCUT2D eigenvalue weighted by Gasteiger charge is 2.29. The minimum absolute atomic E-state index is 0.00808. The summed E-state index contributed by atoms with van der Waals surface area (Å²) in [5.41, 5.74) is 1.80. The maximum absolute atomic E-state index is 12.8. The van der Waals surface area contributed by atoms with Crippen LogP contribution < -0.4 is 10.6 Å². The first kappa shape index (κ1) is 24.4. The summed E-state index contributed by atoms with van der Waals surface area (Å²) in [5.74, 6) is -2.51. The lowest BCUT2D eigenvalue weighted by Crippen LogP contribution is -2.51. The number of pyridine rings is 1. The number of amides is 2. The van der Waals surface area contributed by atoms with E-state index in [2.05, 4.69) is 20.6 Å². The van der Waals surface area contributed by atoms with Gasteiger partial charge in [0.1, 0.15) is 25.5 Å². The van der Waals surface area contributed by atoms with Crippen molar-refractivity contribution in [2.24, 2.45) is 4.99 Å². The van der Waals surface area contributed by atoms with Crippen LogP contribution >= 0.6 is 0 Å². The molecule has 0 aliphatic carbocycles. The largest absolute Gasteiger partial charge is 0.457 e. The zero-order valence-corrected chi connectivity index (χ0v) is 19.0. The number of hydrogen-bond donors (Lipinski definition) is 2. The van der Waals surface area contributed by atoms with Crippen LogP contribution in [-0.4, -0.2) is 41.5 Å². The highest BCUT2D eigenvalue weighted by atomic mass is 16.5. The zero-order chi connectivity index (χ0) is 25.3. The molecule has 1 unspecified atom stereocenters. The number of piperazine rings is 1. The van der Waals surface area contributed by atoms with E-state index in [9.17, 15) is 19.2 Å². The molecule has 1 fully saturated rings.